The summed E-state index contributed by atoms with van der Waals surface area (Å²) in [7, 11) is 2.04. The Morgan fingerprint density at radius 2 is 1.80 bits per heavy atom. The van der Waals surface area contributed by atoms with Crippen molar-refractivity contribution < 1.29 is 38.0 Å². The summed E-state index contributed by atoms with van der Waals surface area (Å²) in [4.78, 5) is 25.7. The molecule has 9 heteroatoms. The molecule has 0 aromatic heterocycles. The minimum absolute atomic E-state index is 0.0232. The van der Waals surface area contributed by atoms with E-state index in [0.717, 1.165) is 18.0 Å². The fourth-order valence-corrected chi connectivity index (χ4v) is 2.86. The van der Waals surface area contributed by atoms with Crippen molar-refractivity contribution in [3.8, 4) is 5.75 Å². The Hall–Kier alpha value is -2.26. The molecule has 1 aromatic carbocycles. The number of benzene rings is 1. The van der Waals surface area contributed by atoms with Crippen LogP contribution < -0.4 is 25.0 Å². The van der Waals surface area contributed by atoms with Gasteiger partial charge in [-0.2, -0.15) is 8.78 Å². The first-order valence-corrected chi connectivity index (χ1v) is 8.06. The average molecular weight is 358 g/mol. The summed E-state index contributed by atoms with van der Waals surface area (Å²) >= 11 is 0. The molecule has 25 heavy (non-hydrogen) atoms. The highest BCUT2D eigenvalue weighted by Gasteiger charge is 2.30. The van der Waals surface area contributed by atoms with Gasteiger partial charge >= 0.3 is 6.61 Å². The predicted molar refractivity (Wildman–Crippen MR) is 82.4 cm³/mol. The SMILES string of the molecule is C[NH+]1CC[NH+]([C@@H](CC(=O)Nc2ccc(OC(F)F)cc2)C(=O)[O-])CC1. The minimum atomic E-state index is -2.92. The van der Waals surface area contributed by atoms with Crippen molar-refractivity contribution in [3.05, 3.63) is 24.3 Å². The second kappa shape index (κ2) is 8.72. The first-order chi connectivity index (χ1) is 11.8. The van der Waals surface area contributed by atoms with E-state index < -0.39 is 24.5 Å². The van der Waals surface area contributed by atoms with Crippen LogP contribution in [0.1, 0.15) is 6.42 Å². The maximum atomic E-state index is 12.1. The van der Waals surface area contributed by atoms with E-state index in [1.807, 2.05) is 7.05 Å². The molecule has 1 atom stereocenters. The van der Waals surface area contributed by atoms with E-state index in [0.29, 0.717) is 18.8 Å². The fourth-order valence-electron chi connectivity index (χ4n) is 2.86. The number of carbonyl (C=O) groups is 2. The number of quaternary nitrogens is 2. The van der Waals surface area contributed by atoms with Gasteiger partial charge in [-0.05, 0) is 24.3 Å². The van der Waals surface area contributed by atoms with Gasteiger partial charge in [0.15, 0.2) is 0 Å². The molecule has 0 saturated carbocycles. The largest absolute Gasteiger partial charge is 0.544 e. The monoisotopic (exact) mass is 358 g/mol. The van der Waals surface area contributed by atoms with Crippen LogP contribution >= 0.6 is 0 Å². The first kappa shape index (κ1) is 19.1. The number of halogens is 2. The highest BCUT2D eigenvalue weighted by molar-refractivity contribution is 5.93. The number of piperazine rings is 1. The van der Waals surface area contributed by atoms with Gasteiger partial charge in [-0.25, -0.2) is 0 Å². The molecule has 0 unspecified atom stereocenters. The second-order valence-electron chi connectivity index (χ2n) is 6.14. The van der Waals surface area contributed by atoms with E-state index in [-0.39, 0.29) is 12.2 Å². The topological polar surface area (TPSA) is 87.3 Å². The molecule has 0 bridgehead atoms. The molecule has 138 valence electrons. The Bertz CT molecular complexity index is 590. The molecule has 1 aliphatic heterocycles. The van der Waals surface area contributed by atoms with Gasteiger partial charge in [-0.15, -0.1) is 0 Å². The van der Waals surface area contributed by atoms with Gasteiger partial charge in [0.1, 0.15) is 38.0 Å². The zero-order valence-electron chi connectivity index (χ0n) is 13.9. The van der Waals surface area contributed by atoms with Crippen molar-refractivity contribution in [2.45, 2.75) is 19.1 Å². The molecule has 1 heterocycles. The molecule has 3 N–H and O–H groups in total. The molecule has 1 aliphatic rings. The maximum absolute atomic E-state index is 12.1. The van der Waals surface area contributed by atoms with Crippen molar-refractivity contribution >= 4 is 17.6 Å². The average Bonchev–Trinajstić information content (AvgIpc) is 2.55. The van der Waals surface area contributed by atoms with Crippen molar-refractivity contribution in [2.24, 2.45) is 0 Å². The van der Waals surface area contributed by atoms with Crippen LogP contribution in [0.4, 0.5) is 14.5 Å². The zero-order chi connectivity index (χ0) is 18.4. The van der Waals surface area contributed by atoms with Gasteiger partial charge in [0.2, 0.25) is 5.91 Å². The van der Waals surface area contributed by atoms with Crippen LogP contribution in [0.15, 0.2) is 24.3 Å². The quantitative estimate of drug-likeness (QED) is 0.490. The van der Waals surface area contributed by atoms with E-state index in [1.54, 1.807) is 0 Å². The number of alkyl halides is 2. The Kier molecular flexibility index (Phi) is 6.65. The standard InChI is InChI=1S/C16H21F2N3O4/c1-20-6-8-21(9-7-20)13(15(23)24)10-14(22)19-11-2-4-12(5-3-11)25-16(17)18/h2-5,13,16H,6-10H2,1H3,(H,19,22)(H,23,24)/p+1/t13-/m0/s1. The third kappa shape index (κ3) is 5.95. The van der Waals surface area contributed by atoms with E-state index in [1.165, 1.54) is 29.2 Å². The second-order valence-corrected chi connectivity index (χ2v) is 6.14. The smallest absolute Gasteiger partial charge is 0.387 e. The number of carbonyl (C=O) groups excluding carboxylic acids is 2. The number of carboxylic acids is 1. The highest BCUT2D eigenvalue weighted by atomic mass is 19.3. The van der Waals surface area contributed by atoms with Crippen molar-refractivity contribution in [2.75, 3.05) is 38.5 Å². The van der Waals surface area contributed by atoms with Crippen LogP contribution in [-0.2, 0) is 9.59 Å². The van der Waals surface area contributed by atoms with Crippen LogP contribution in [0.5, 0.6) is 5.75 Å². The number of carboxylic acid groups (broad SMARTS) is 1. The number of ether oxygens (including phenoxy) is 1. The molecule has 7 nitrogen and oxygen atoms in total. The van der Waals surface area contributed by atoms with Gasteiger partial charge in [0, 0.05) is 5.69 Å². The van der Waals surface area contributed by atoms with Gasteiger partial charge in [-0.3, -0.25) is 4.79 Å². The number of amides is 1. The third-order valence-corrected chi connectivity index (χ3v) is 4.28. The molecule has 0 aliphatic carbocycles. The lowest BCUT2D eigenvalue weighted by Crippen LogP contribution is -3.29. The van der Waals surface area contributed by atoms with E-state index in [9.17, 15) is 23.5 Å². The molecule has 1 fully saturated rings. The van der Waals surface area contributed by atoms with Crippen LogP contribution in [0, 0.1) is 0 Å². The number of anilines is 1. The molecule has 1 saturated heterocycles. The first-order valence-electron chi connectivity index (χ1n) is 8.06. The van der Waals surface area contributed by atoms with Crippen molar-refractivity contribution in [1.82, 2.24) is 0 Å². The van der Waals surface area contributed by atoms with Gasteiger partial charge in [0.25, 0.3) is 0 Å². The number of rotatable bonds is 7. The van der Waals surface area contributed by atoms with E-state index in [2.05, 4.69) is 10.1 Å². The number of likely N-dealkylation sites (N-methyl/N-ethyl adjacent to an activating group) is 1. The van der Waals surface area contributed by atoms with Crippen LogP contribution in [-0.4, -0.2) is 57.8 Å². The van der Waals surface area contributed by atoms with Crippen molar-refractivity contribution in [3.63, 3.8) is 0 Å². The third-order valence-electron chi connectivity index (χ3n) is 4.28. The summed E-state index contributed by atoms with van der Waals surface area (Å²) in [5, 5.41) is 14.0. The summed E-state index contributed by atoms with van der Waals surface area (Å²) in [6.45, 7) is 0.0886. The zero-order valence-corrected chi connectivity index (χ0v) is 13.9. The summed E-state index contributed by atoms with van der Waals surface area (Å²) in [5.74, 6) is -1.73. The molecule has 2 rings (SSSR count). The van der Waals surface area contributed by atoms with Gasteiger partial charge < -0.3 is 29.8 Å². The number of aliphatic carboxylic acids is 1. The van der Waals surface area contributed by atoms with Gasteiger partial charge in [0.05, 0.1) is 19.4 Å². The van der Waals surface area contributed by atoms with Crippen LogP contribution in [0.2, 0.25) is 0 Å². The maximum Gasteiger partial charge on any atom is 0.387 e. The van der Waals surface area contributed by atoms with Crippen LogP contribution in [0.3, 0.4) is 0 Å². The Morgan fingerprint density at radius 3 is 2.32 bits per heavy atom. The Morgan fingerprint density at radius 1 is 1.20 bits per heavy atom. The number of hydrogen-bond acceptors (Lipinski definition) is 4. The van der Waals surface area contributed by atoms with Crippen LogP contribution in [0.25, 0.3) is 0 Å². The summed E-state index contributed by atoms with van der Waals surface area (Å²) in [6.07, 6.45) is -0.202. The van der Waals surface area contributed by atoms with Crippen molar-refractivity contribution in [1.29, 1.82) is 0 Å². The van der Waals surface area contributed by atoms with Gasteiger partial charge in [-0.1, -0.05) is 0 Å². The molecular formula is C16H22F2N3O4+. The fraction of sp³-hybridized carbons (Fsp3) is 0.500. The summed E-state index contributed by atoms with van der Waals surface area (Å²) < 4.78 is 28.4. The summed E-state index contributed by atoms with van der Waals surface area (Å²) in [6, 6.07) is 4.51. The Balaban J connectivity index is 1.91. The molecule has 1 aromatic rings. The molecule has 0 radical (unpaired) electrons. The molecular weight excluding hydrogens is 336 g/mol. The lowest BCUT2D eigenvalue weighted by molar-refractivity contribution is -1.01. The number of nitrogens with one attached hydrogen (secondary N) is 3. The Labute approximate surface area is 144 Å². The lowest BCUT2D eigenvalue weighted by atomic mass is 10.1. The van der Waals surface area contributed by atoms with E-state index in [4.69, 9.17) is 0 Å². The highest BCUT2D eigenvalue weighted by Crippen LogP contribution is 2.17. The van der Waals surface area contributed by atoms with E-state index >= 15 is 0 Å². The summed E-state index contributed by atoms with van der Waals surface area (Å²) in [5.41, 5.74) is 0.376. The molecule has 0 spiro atoms. The normalized spacial score (nSPS) is 21.6. The number of hydrogen-bond donors (Lipinski definition) is 3. The molecule has 1 amide bonds. The predicted octanol–water partition coefficient (Wildman–Crippen LogP) is -2.85. The minimum Gasteiger partial charge on any atom is -0.544 e. The lowest BCUT2D eigenvalue weighted by Gasteiger charge is -2.33.